The first kappa shape index (κ1) is 22.4. The molecule has 3 atom stereocenters. The van der Waals surface area contributed by atoms with Gasteiger partial charge in [-0.25, -0.2) is 0 Å². The minimum absolute atomic E-state index is 0.111. The number of methoxy groups -OCH3 is 2. The second-order valence-corrected chi connectivity index (χ2v) is 10.2. The van der Waals surface area contributed by atoms with Gasteiger partial charge in [0.05, 0.1) is 34.0 Å². The van der Waals surface area contributed by atoms with Gasteiger partial charge in [0.2, 0.25) is 0 Å². The van der Waals surface area contributed by atoms with Crippen LogP contribution in [0.5, 0.6) is 11.5 Å². The molecule has 0 saturated carbocycles. The van der Waals surface area contributed by atoms with E-state index < -0.39 is 5.41 Å². The Morgan fingerprint density at radius 1 is 1.19 bits per heavy atom. The molecule has 0 spiro atoms. The summed E-state index contributed by atoms with van der Waals surface area (Å²) in [6, 6.07) is 4.63. The van der Waals surface area contributed by atoms with Crippen LogP contribution in [0.2, 0.25) is 0 Å². The number of fused-ring (bicyclic) bond motifs is 3. The van der Waals surface area contributed by atoms with Crippen LogP contribution in [0.25, 0.3) is 0 Å². The molecule has 4 rings (SSSR count). The van der Waals surface area contributed by atoms with Crippen molar-refractivity contribution in [2.45, 2.75) is 46.1 Å². The molecule has 172 valence electrons. The summed E-state index contributed by atoms with van der Waals surface area (Å²) in [5, 5.41) is 0. The van der Waals surface area contributed by atoms with Crippen LogP contribution >= 0.6 is 0 Å². The number of benzene rings is 1. The van der Waals surface area contributed by atoms with E-state index in [1.807, 2.05) is 6.92 Å². The summed E-state index contributed by atoms with van der Waals surface area (Å²) in [4.78, 5) is 15.2. The zero-order valence-corrected chi connectivity index (χ0v) is 19.6. The van der Waals surface area contributed by atoms with Crippen molar-refractivity contribution in [1.82, 2.24) is 4.90 Å². The van der Waals surface area contributed by atoms with Gasteiger partial charge in [0, 0.05) is 19.1 Å². The molecule has 2 saturated heterocycles. The Hall–Kier alpha value is -1.79. The Labute approximate surface area is 186 Å². The van der Waals surface area contributed by atoms with E-state index in [0.29, 0.717) is 43.6 Å². The monoisotopic (exact) mass is 431 g/mol. The molecular formula is C25H37NO5. The molecule has 0 N–H and O–H groups in total. The lowest BCUT2D eigenvalue weighted by atomic mass is 9.74. The first-order valence-corrected chi connectivity index (χ1v) is 11.6. The lowest BCUT2D eigenvalue weighted by Crippen LogP contribution is -2.50. The van der Waals surface area contributed by atoms with E-state index in [1.165, 1.54) is 11.1 Å². The summed E-state index contributed by atoms with van der Waals surface area (Å²) in [6.07, 6.45) is 3.18. The average molecular weight is 432 g/mol. The summed E-state index contributed by atoms with van der Waals surface area (Å²) in [7, 11) is 3.38. The lowest BCUT2D eigenvalue weighted by molar-refractivity contribution is -0.184. The van der Waals surface area contributed by atoms with Gasteiger partial charge in [0.25, 0.3) is 0 Å². The molecule has 0 radical (unpaired) electrons. The van der Waals surface area contributed by atoms with Crippen molar-refractivity contribution in [2.24, 2.45) is 23.2 Å². The Morgan fingerprint density at radius 2 is 1.90 bits per heavy atom. The van der Waals surface area contributed by atoms with Crippen molar-refractivity contribution in [3.8, 4) is 11.5 Å². The molecule has 0 bridgehead atoms. The fraction of sp³-hybridized carbons (Fsp3) is 0.720. The van der Waals surface area contributed by atoms with Gasteiger partial charge in [-0.15, -0.1) is 0 Å². The topological polar surface area (TPSA) is 57.2 Å². The van der Waals surface area contributed by atoms with Gasteiger partial charge >= 0.3 is 5.97 Å². The Kier molecular flexibility index (Phi) is 6.50. The van der Waals surface area contributed by atoms with E-state index in [-0.39, 0.29) is 5.97 Å². The second-order valence-electron chi connectivity index (χ2n) is 10.2. The molecule has 3 aliphatic rings. The SMILES string of the molecule is COc1cc2c(cc1OC)C1CC(COC(=O)C3(C)COC3)C(CC(C)C)CN1CC2. The predicted molar refractivity (Wildman–Crippen MR) is 119 cm³/mol. The molecule has 3 heterocycles. The van der Waals surface area contributed by atoms with Crippen LogP contribution in [-0.2, 0) is 20.7 Å². The Balaban J connectivity index is 1.54. The third kappa shape index (κ3) is 4.42. The molecule has 0 amide bonds. The van der Waals surface area contributed by atoms with Crippen LogP contribution in [0.15, 0.2) is 12.1 Å². The highest BCUT2D eigenvalue weighted by atomic mass is 16.6. The van der Waals surface area contributed by atoms with Crippen LogP contribution in [0.3, 0.4) is 0 Å². The van der Waals surface area contributed by atoms with E-state index in [9.17, 15) is 4.79 Å². The predicted octanol–water partition coefficient (Wildman–Crippen LogP) is 3.86. The van der Waals surface area contributed by atoms with E-state index in [4.69, 9.17) is 18.9 Å². The third-order valence-electron chi connectivity index (χ3n) is 7.31. The third-order valence-corrected chi connectivity index (χ3v) is 7.31. The minimum Gasteiger partial charge on any atom is -0.493 e. The zero-order chi connectivity index (χ0) is 22.2. The van der Waals surface area contributed by atoms with Crippen molar-refractivity contribution >= 4 is 5.97 Å². The van der Waals surface area contributed by atoms with Crippen LogP contribution in [-0.4, -0.2) is 58.0 Å². The average Bonchev–Trinajstić information content (AvgIpc) is 2.74. The second kappa shape index (κ2) is 8.99. The maximum atomic E-state index is 12.6. The summed E-state index contributed by atoms with van der Waals surface area (Å²) in [6.45, 7) is 10.1. The van der Waals surface area contributed by atoms with Gasteiger partial charge in [-0.1, -0.05) is 13.8 Å². The first-order valence-electron chi connectivity index (χ1n) is 11.6. The number of carbonyl (C=O) groups is 1. The van der Waals surface area contributed by atoms with Crippen molar-refractivity contribution in [3.05, 3.63) is 23.3 Å². The Bertz CT molecular complexity index is 803. The van der Waals surface area contributed by atoms with Crippen molar-refractivity contribution in [1.29, 1.82) is 0 Å². The largest absolute Gasteiger partial charge is 0.493 e. The normalized spacial score (nSPS) is 27.1. The van der Waals surface area contributed by atoms with Gasteiger partial charge in [0.15, 0.2) is 11.5 Å². The smallest absolute Gasteiger partial charge is 0.316 e. The highest BCUT2D eigenvalue weighted by Crippen LogP contribution is 2.45. The number of hydrogen-bond acceptors (Lipinski definition) is 6. The van der Waals surface area contributed by atoms with Gasteiger partial charge in [0.1, 0.15) is 5.41 Å². The summed E-state index contributed by atoms with van der Waals surface area (Å²) in [5.41, 5.74) is 2.22. The van der Waals surface area contributed by atoms with Crippen LogP contribution < -0.4 is 9.47 Å². The Morgan fingerprint density at radius 3 is 2.52 bits per heavy atom. The van der Waals surface area contributed by atoms with E-state index in [0.717, 1.165) is 43.9 Å². The van der Waals surface area contributed by atoms with Crippen molar-refractivity contribution in [3.63, 3.8) is 0 Å². The molecule has 6 heteroatoms. The van der Waals surface area contributed by atoms with Crippen LogP contribution in [0.1, 0.15) is 50.8 Å². The summed E-state index contributed by atoms with van der Waals surface area (Å²) < 4.78 is 22.2. The molecule has 31 heavy (non-hydrogen) atoms. The fourth-order valence-electron chi connectivity index (χ4n) is 5.46. The molecule has 1 aromatic rings. The highest BCUT2D eigenvalue weighted by Gasteiger charge is 2.44. The number of ether oxygens (including phenoxy) is 4. The number of carbonyl (C=O) groups excluding carboxylic acids is 1. The fourth-order valence-corrected chi connectivity index (χ4v) is 5.46. The molecule has 2 fully saturated rings. The van der Waals surface area contributed by atoms with E-state index in [1.54, 1.807) is 14.2 Å². The molecule has 0 aromatic heterocycles. The van der Waals surface area contributed by atoms with E-state index >= 15 is 0 Å². The number of esters is 1. The minimum atomic E-state index is -0.463. The highest BCUT2D eigenvalue weighted by molar-refractivity contribution is 5.77. The van der Waals surface area contributed by atoms with Crippen molar-refractivity contribution < 1.29 is 23.7 Å². The maximum absolute atomic E-state index is 12.6. The quantitative estimate of drug-likeness (QED) is 0.611. The van der Waals surface area contributed by atoms with Gasteiger partial charge in [-0.3, -0.25) is 9.69 Å². The van der Waals surface area contributed by atoms with Gasteiger partial charge in [-0.2, -0.15) is 0 Å². The number of nitrogens with zero attached hydrogens (tertiary/aromatic N) is 1. The van der Waals surface area contributed by atoms with Gasteiger partial charge in [-0.05, 0) is 67.2 Å². The van der Waals surface area contributed by atoms with Gasteiger partial charge < -0.3 is 18.9 Å². The lowest BCUT2D eigenvalue weighted by Gasteiger charge is -2.48. The maximum Gasteiger partial charge on any atom is 0.316 e. The molecule has 0 aliphatic carbocycles. The standard InChI is InChI=1S/C25H37NO5/c1-16(2)8-18-12-26-7-6-17-10-22(28-4)23(29-5)11-20(17)21(26)9-19(18)13-31-24(27)25(3)14-30-15-25/h10-11,16,18-19,21H,6-9,12-15H2,1-5H3. The molecule has 6 nitrogen and oxygen atoms in total. The summed E-state index contributed by atoms with van der Waals surface area (Å²) >= 11 is 0. The number of rotatable bonds is 7. The molecular weight excluding hydrogens is 394 g/mol. The van der Waals surface area contributed by atoms with Crippen LogP contribution in [0.4, 0.5) is 0 Å². The number of piperidine rings is 1. The zero-order valence-electron chi connectivity index (χ0n) is 19.6. The molecule has 3 aliphatic heterocycles. The van der Waals surface area contributed by atoms with Crippen molar-refractivity contribution in [2.75, 3.05) is 47.1 Å². The van der Waals surface area contributed by atoms with E-state index in [2.05, 4.69) is 30.9 Å². The summed E-state index contributed by atoms with van der Waals surface area (Å²) in [5.74, 6) is 2.99. The number of hydrogen-bond donors (Lipinski definition) is 0. The first-order chi connectivity index (χ1) is 14.8. The molecule has 3 unspecified atom stereocenters. The van der Waals surface area contributed by atoms with Crippen LogP contribution in [0, 0.1) is 23.2 Å². The molecule has 1 aromatic carbocycles.